The van der Waals surface area contributed by atoms with E-state index in [1.54, 1.807) is 0 Å². The highest BCUT2D eigenvalue weighted by molar-refractivity contribution is 5.89. The molecular weight excluding hydrogens is 295 g/mol. The zero-order valence-corrected chi connectivity index (χ0v) is 11.5. The molecule has 0 spiro atoms. The van der Waals surface area contributed by atoms with Gasteiger partial charge < -0.3 is 20.2 Å². The Morgan fingerprint density at radius 1 is 1.29 bits per heavy atom. The van der Waals surface area contributed by atoms with E-state index >= 15 is 0 Å². The molecule has 1 aliphatic rings. The fourth-order valence-corrected chi connectivity index (χ4v) is 1.70. The number of nitrogens with zero attached hydrogens (tertiary/aromatic N) is 2. The summed E-state index contributed by atoms with van der Waals surface area (Å²) >= 11 is 0. The summed E-state index contributed by atoms with van der Waals surface area (Å²) in [6.45, 7) is 0.405. The Labute approximate surface area is 118 Å². The van der Waals surface area contributed by atoms with E-state index in [0.29, 0.717) is 19.9 Å². The van der Waals surface area contributed by atoms with Crippen molar-refractivity contribution in [2.45, 2.75) is 25.1 Å². The Morgan fingerprint density at radius 2 is 1.86 bits per heavy atom. The van der Waals surface area contributed by atoms with Gasteiger partial charge in [-0.15, -0.1) is 0 Å². The Hall–Kier alpha value is -2.00. The summed E-state index contributed by atoms with van der Waals surface area (Å²) in [4.78, 5) is 36.5. The molecule has 3 amide bonds. The van der Waals surface area contributed by atoms with Crippen molar-refractivity contribution in [3.63, 3.8) is 0 Å². The molecule has 0 saturated carbocycles. The molecule has 10 heteroatoms. The van der Waals surface area contributed by atoms with Crippen LogP contribution in [0.15, 0.2) is 0 Å². The van der Waals surface area contributed by atoms with Gasteiger partial charge in [0.15, 0.2) is 0 Å². The third-order valence-electron chi connectivity index (χ3n) is 3.31. The van der Waals surface area contributed by atoms with Crippen LogP contribution in [-0.4, -0.2) is 71.2 Å². The molecule has 1 aliphatic heterocycles. The van der Waals surface area contributed by atoms with Crippen molar-refractivity contribution < 1.29 is 32.7 Å². The molecular formula is C11H16F3N3O4. The molecule has 7 nitrogen and oxygen atoms in total. The highest BCUT2D eigenvalue weighted by atomic mass is 19.4. The lowest BCUT2D eigenvalue weighted by Crippen LogP contribution is -2.64. The maximum Gasteiger partial charge on any atom is 0.422 e. The number of urea groups is 1. The average Bonchev–Trinajstić information content (AvgIpc) is 2.50. The van der Waals surface area contributed by atoms with Crippen LogP contribution in [0.1, 0.15) is 13.3 Å². The number of amides is 3. The van der Waals surface area contributed by atoms with E-state index in [1.165, 1.54) is 17.3 Å². The fourth-order valence-electron chi connectivity index (χ4n) is 1.70. The first kappa shape index (κ1) is 17.1. The minimum absolute atomic E-state index is 0.0649. The van der Waals surface area contributed by atoms with Gasteiger partial charge in [0.05, 0.1) is 0 Å². The third kappa shape index (κ3) is 3.56. The number of carbonyl (C=O) groups is 3. The number of carboxylic acid groups (broad SMARTS) is 1. The summed E-state index contributed by atoms with van der Waals surface area (Å²) in [6, 6.07) is -1.24. The second-order valence-corrected chi connectivity index (χ2v) is 4.95. The second-order valence-electron chi connectivity index (χ2n) is 4.95. The third-order valence-corrected chi connectivity index (χ3v) is 3.31. The van der Waals surface area contributed by atoms with Crippen molar-refractivity contribution in [2.24, 2.45) is 0 Å². The molecule has 120 valence electrons. The molecule has 1 saturated heterocycles. The Balaban J connectivity index is 2.88. The van der Waals surface area contributed by atoms with E-state index in [1.807, 2.05) is 0 Å². The molecule has 1 atom stereocenters. The lowest BCUT2D eigenvalue weighted by Gasteiger charge is -2.31. The van der Waals surface area contributed by atoms with Gasteiger partial charge in [0, 0.05) is 20.1 Å². The van der Waals surface area contributed by atoms with E-state index in [2.05, 4.69) is 0 Å². The summed E-state index contributed by atoms with van der Waals surface area (Å²) < 4.78 is 38.4. The van der Waals surface area contributed by atoms with E-state index in [9.17, 15) is 27.6 Å². The lowest BCUT2D eigenvalue weighted by atomic mass is 10.0. The first-order valence-electron chi connectivity index (χ1n) is 6.10. The molecule has 21 heavy (non-hydrogen) atoms. The highest BCUT2D eigenvalue weighted by Crippen LogP contribution is 2.30. The van der Waals surface area contributed by atoms with Crippen molar-refractivity contribution in [2.75, 3.05) is 26.7 Å². The molecule has 0 bridgehead atoms. The molecule has 0 radical (unpaired) electrons. The van der Waals surface area contributed by atoms with E-state index in [0.717, 1.165) is 4.90 Å². The summed E-state index contributed by atoms with van der Waals surface area (Å²) in [5, 5.41) is 10.2. The van der Waals surface area contributed by atoms with E-state index < -0.39 is 36.2 Å². The Kier molecular flexibility index (Phi) is 4.69. The standard InChI is InChI=1S/C11H16F3N3O4/c1-10(8(19)20,11(12,13)14)15-9(21)17-5-3-4-16(2)7(18)6-17/h3-6H2,1-2H3,(H,15,21)(H,19,20). The number of rotatable bonds is 2. The first-order valence-corrected chi connectivity index (χ1v) is 6.10. The highest BCUT2D eigenvalue weighted by Gasteiger charge is 2.58. The maximum absolute atomic E-state index is 12.8. The second kappa shape index (κ2) is 5.78. The molecule has 1 heterocycles. The van der Waals surface area contributed by atoms with Gasteiger partial charge in [-0.25, -0.2) is 9.59 Å². The summed E-state index contributed by atoms with van der Waals surface area (Å²) in [5.74, 6) is -2.65. The van der Waals surface area contributed by atoms with Gasteiger partial charge in [0.25, 0.3) is 0 Å². The quantitative estimate of drug-likeness (QED) is 0.766. The fraction of sp³-hybridized carbons (Fsp3) is 0.727. The van der Waals surface area contributed by atoms with Gasteiger partial charge in [-0.1, -0.05) is 0 Å². The minimum Gasteiger partial charge on any atom is -0.479 e. The number of nitrogens with one attached hydrogen (secondary N) is 1. The smallest absolute Gasteiger partial charge is 0.422 e. The number of carbonyl (C=O) groups excluding carboxylic acids is 2. The predicted octanol–water partition coefficient (Wildman–Crippen LogP) is 0.266. The monoisotopic (exact) mass is 311 g/mol. The summed E-state index contributed by atoms with van der Waals surface area (Å²) in [6.07, 6.45) is -4.77. The number of alkyl halides is 3. The van der Waals surface area contributed by atoms with Gasteiger partial charge in [0.1, 0.15) is 6.54 Å². The van der Waals surface area contributed by atoms with Crippen LogP contribution in [0.3, 0.4) is 0 Å². The van der Waals surface area contributed by atoms with E-state index in [4.69, 9.17) is 5.11 Å². The predicted molar refractivity (Wildman–Crippen MR) is 64.5 cm³/mol. The largest absolute Gasteiger partial charge is 0.479 e. The maximum atomic E-state index is 12.8. The number of halogens is 3. The summed E-state index contributed by atoms with van der Waals surface area (Å²) in [5.41, 5.74) is -3.41. The van der Waals surface area contributed by atoms with Crippen LogP contribution in [0.2, 0.25) is 0 Å². The van der Waals surface area contributed by atoms with Gasteiger partial charge in [-0.05, 0) is 13.3 Å². The molecule has 0 aromatic heterocycles. The van der Waals surface area contributed by atoms with Crippen LogP contribution in [0, 0.1) is 0 Å². The number of hydrogen-bond donors (Lipinski definition) is 2. The zero-order chi connectivity index (χ0) is 16.4. The van der Waals surface area contributed by atoms with Crippen molar-refractivity contribution in [3.05, 3.63) is 0 Å². The van der Waals surface area contributed by atoms with Crippen LogP contribution in [0.5, 0.6) is 0 Å². The summed E-state index contributed by atoms with van der Waals surface area (Å²) in [7, 11) is 1.51. The molecule has 0 aromatic carbocycles. The number of aliphatic carboxylic acids is 1. The van der Waals surface area contributed by atoms with Crippen molar-refractivity contribution in [1.82, 2.24) is 15.1 Å². The van der Waals surface area contributed by atoms with Crippen molar-refractivity contribution in [3.8, 4) is 0 Å². The van der Waals surface area contributed by atoms with Crippen molar-refractivity contribution >= 4 is 17.9 Å². The number of likely N-dealkylation sites (N-methyl/N-ethyl adjacent to an activating group) is 1. The van der Waals surface area contributed by atoms with Crippen LogP contribution in [0.4, 0.5) is 18.0 Å². The molecule has 1 unspecified atom stereocenters. The van der Waals surface area contributed by atoms with Crippen LogP contribution in [-0.2, 0) is 9.59 Å². The van der Waals surface area contributed by atoms with Crippen molar-refractivity contribution in [1.29, 1.82) is 0 Å². The van der Waals surface area contributed by atoms with Gasteiger partial charge in [-0.2, -0.15) is 13.2 Å². The van der Waals surface area contributed by atoms with Crippen LogP contribution < -0.4 is 5.32 Å². The van der Waals surface area contributed by atoms with E-state index in [-0.39, 0.29) is 6.54 Å². The molecule has 0 aliphatic carbocycles. The Morgan fingerprint density at radius 3 is 2.33 bits per heavy atom. The van der Waals surface area contributed by atoms with Gasteiger partial charge in [0.2, 0.25) is 11.4 Å². The normalized spacial score (nSPS) is 19.8. The lowest BCUT2D eigenvalue weighted by molar-refractivity contribution is -0.203. The molecule has 1 rings (SSSR count). The molecule has 2 N–H and O–H groups in total. The molecule has 1 fully saturated rings. The topological polar surface area (TPSA) is 89.9 Å². The van der Waals surface area contributed by atoms with Crippen LogP contribution >= 0.6 is 0 Å². The van der Waals surface area contributed by atoms with Gasteiger partial charge >= 0.3 is 18.2 Å². The van der Waals surface area contributed by atoms with Crippen LogP contribution in [0.25, 0.3) is 0 Å². The molecule has 0 aromatic rings. The SMILES string of the molecule is CN1CCCN(C(=O)NC(C)(C(=O)O)C(F)(F)F)CC1=O. The average molecular weight is 311 g/mol. The minimum atomic E-state index is -5.17. The Bertz CT molecular complexity index is 454. The first-order chi connectivity index (χ1) is 9.49. The number of carboxylic acids is 1. The number of hydrogen-bond acceptors (Lipinski definition) is 3. The zero-order valence-electron chi connectivity index (χ0n) is 11.5. The van der Waals surface area contributed by atoms with Gasteiger partial charge in [-0.3, -0.25) is 4.79 Å².